The van der Waals surface area contributed by atoms with Crippen LogP contribution in [-0.4, -0.2) is 48.3 Å². The second kappa shape index (κ2) is 8.98. The lowest BCUT2D eigenvalue weighted by Gasteiger charge is -2.44. The van der Waals surface area contributed by atoms with E-state index in [-0.39, 0.29) is 23.9 Å². The standard InChI is InChI=1S/C24H30N6O/c1-15-16(2)30(17(3)31)22-6-5-19(18-7-9-26-10-8-18)11-21(22)24(15)29-23-14-27-20(12-25-4)13-28-23/h5-7,11-16,24,26H,8-10H2,1-4H3,(H,28,29). The lowest BCUT2D eigenvalue weighted by molar-refractivity contribution is -0.117. The summed E-state index contributed by atoms with van der Waals surface area (Å²) in [4.78, 5) is 27.4. The summed E-state index contributed by atoms with van der Waals surface area (Å²) in [6.07, 6.45) is 8.40. The Hall–Kier alpha value is -3.06. The first kappa shape index (κ1) is 21.2. The Bertz CT molecular complexity index is 1010. The average Bonchev–Trinajstić information content (AvgIpc) is 2.78. The molecule has 3 unspecified atom stereocenters. The maximum atomic E-state index is 12.5. The number of aliphatic imine (C=N–C) groups is 1. The lowest BCUT2D eigenvalue weighted by Crippen LogP contribution is -2.48. The van der Waals surface area contributed by atoms with Crippen LogP contribution in [0.25, 0.3) is 5.57 Å². The molecule has 2 aromatic rings. The largest absolute Gasteiger partial charge is 0.362 e. The molecule has 2 N–H and O–H groups in total. The Balaban J connectivity index is 1.74. The van der Waals surface area contributed by atoms with Crippen LogP contribution in [-0.2, 0) is 4.79 Å². The van der Waals surface area contributed by atoms with E-state index in [1.54, 1.807) is 32.6 Å². The van der Waals surface area contributed by atoms with Crippen LogP contribution in [0.5, 0.6) is 0 Å². The van der Waals surface area contributed by atoms with E-state index in [2.05, 4.69) is 63.7 Å². The fourth-order valence-corrected chi connectivity index (χ4v) is 4.56. The summed E-state index contributed by atoms with van der Waals surface area (Å²) in [6.45, 7) is 7.82. The van der Waals surface area contributed by atoms with Gasteiger partial charge >= 0.3 is 0 Å². The van der Waals surface area contributed by atoms with E-state index in [1.807, 2.05) is 4.90 Å². The number of fused-ring (bicyclic) bond motifs is 1. The molecule has 3 atom stereocenters. The van der Waals surface area contributed by atoms with Gasteiger partial charge in [-0.05, 0) is 48.7 Å². The molecular weight excluding hydrogens is 388 g/mol. The molecular formula is C24H30N6O. The monoisotopic (exact) mass is 418 g/mol. The molecule has 2 aliphatic heterocycles. The molecule has 0 saturated carbocycles. The maximum Gasteiger partial charge on any atom is 0.224 e. The first-order chi connectivity index (χ1) is 15.0. The van der Waals surface area contributed by atoms with Crippen LogP contribution in [0.4, 0.5) is 11.5 Å². The van der Waals surface area contributed by atoms with Crippen molar-refractivity contribution in [3.05, 3.63) is 53.5 Å². The van der Waals surface area contributed by atoms with E-state index in [0.717, 1.165) is 36.5 Å². The van der Waals surface area contributed by atoms with Gasteiger partial charge in [0.1, 0.15) is 5.82 Å². The van der Waals surface area contributed by atoms with Crippen molar-refractivity contribution in [2.75, 3.05) is 30.4 Å². The minimum atomic E-state index is 0.0165. The zero-order valence-electron chi connectivity index (χ0n) is 18.6. The van der Waals surface area contributed by atoms with Gasteiger partial charge in [-0.3, -0.25) is 9.79 Å². The minimum absolute atomic E-state index is 0.0165. The van der Waals surface area contributed by atoms with Crippen LogP contribution < -0.4 is 15.5 Å². The molecule has 1 aromatic carbocycles. The van der Waals surface area contributed by atoms with Gasteiger partial charge in [-0.25, -0.2) is 9.97 Å². The summed E-state index contributed by atoms with van der Waals surface area (Å²) in [6, 6.07) is 6.56. The zero-order valence-corrected chi connectivity index (χ0v) is 18.6. The van der Waals surface area contributed by atoms with Crippen LogP contribution in [0.2, 0.25) is 0 Å². The van der Waals surface area contributed by atoms with E-state index in [1.165, 1.54) is 11.1 Å². The number of aromatic nitrogens is 2. The van der Waals surface area contributed by atoms with Crippen LogP contribution in [0.15, 0.2) is 41.7 Å². The quantitative estimate of drug-likeness (QED) is 0.743. The molecule has 4 rings (SSSR count). The number of carbonyl (C=O) groups excluding carboxylic acids is 1. The van der Waals surface area contributed by atoms with Crippen molar-refractivity contribution in [2.45, 2.75) is 39.3 Å². The number of anilines is 2. The van der Waals surface area contributed by atoms with Crippen LogP contribution in [0.1, 0.15) is 50.1 Å². The highest BCUT2D eigenvalue weighted by atomic mass is 16.2. The Morgan fingerprint density at radius 2 is 2.13 bits per heavy atom. The lowest BCUT2D eigenvalue weighted by atomic mass is 9.81. The van der Waals surface area contributed by atoms with Crippen molar-refractivity contribution in [1.82, 2.24) is 15.3 Å². The minimum Gasteiger partial charge on any atom is -0.362 e. The molecule has 0 spiro atoms. The van der Waals surface area contributed by atoms with Gasteiger partial charge in [0.15, 0.2) is 0 Å². The summed E-state index contributed by atoms with van der Waals surface area (Å²) in [7, 11) is 1.71. The fraction of sp³-hybridized carbons (Fsp3) is 0.417. The number of nitrogens with zero attached hydrogens (tertiary/aromatic N) is 4. The molecule has 0 bridgehead atoms. The molecule has 162 valence electrons. The van der Waals surface area contributed by atoms with Gasteiger partial charge in [0.2, 0.25) is 5.91 Å². The van der Waals surface area contributed by atoms with Gasteiger partial charge in [0.05, 0.1) is 24.1 Å². The molecule has 0 aliphatic carbocycles. The van der Waals surface area contributed by atoms with E-state index < -0.39 is 0 Å². The number of nitrogens with one attached hydrogen (secondary N) is 2. The normalized spacial score (nSPS) is 23.4. The van der Waals surface area contributed by atoms with E-state index in [4.69, 9.17) is 0 Å². The van der Waals surface area contributed by atoms with Gasteiger partial charge in [-0.1, -0.05) is 19.1 Å². The molecule has 7 nitrogen and oxygen atoms in total. The number of hydrogen-bond acceptors (Lipinski definition) is 6. The van der Waals surface area contributed by atoms with Gasteiger partial charge in [0.25, 0.3) is 0 Å². The third kappa shape index (κ3) is 4.23. The van der Waals surface area contributed by atoms with Gasteiger partial charge in [0, 0.05) is 44.4 Å². The topological polar surface area (TPSA) is 82.5 Å². The highest BCUT2D eigenvalue weighted by Gasteiger charge is 2.38. The highest BCUT2D eigenvalue weighted by molar-refractivity contribution is 5.94. The van der Waals surface area contributed by atoms with Crippen molar-refractivity contribution in [3.8, 4) is 0 Å². The fourth-order valence-electron chi connectivity index (χ4n) is 4.56. The number of amides is 1. The van der Waals surface area contributed by atoms with Crippen molar-refractivity contribution in [1.29, 1.82) is 0 Å². The van der Waals surface area contributed by atoms with Crippen LogP contribution in [0.3, 0.4) is 0 Å². The number of hydrogen-bond donors (Lipinski definition) is 2. The number of carbonyl (C=O) groups is 1. The molecule has 7 heteroatoms. The summed E-state index contributed by atoms with van der Waals surface area (Å²) in [5, 5.41) is 6.96. The summed E-state index contributed by atoms with van der Waals surface area (Å²) >= 11 is 0. The van der Waals surface area contributed by atoms with Gasteiger partial charge in [-0.2, -0.15) is 0 Å². The summed E-state index contributed by atoms with van der Waals surface area (Å²) in [5.41, 5.74) is 5.39. The Morgan fingerprint density at radius 3 is 2.77 bits per heavy atom. The van der Waals surface area contributed by atoms with Crippen molar-refractivity contribution < 1.29 is 4.79 Å². The number of rotatable bonds is 4. The molecule has 31 heavy (non-hydrogen) atoms. The molecule has 0 saturated heterocycles. The molecule has 2 aliphatic rings. The van der Waals surface area contributed by atoms with Crippen molar-refractivity contribution >= 4 is 29.2 Å². The maximum absolute atomic E-state index is 12.5. The Kier molecular flexibility index (Phi) is 6.13. The molecule has 1 aromatic heterocycles. The molecule has 0 fully saturated rings. The third-order valence-corrected chi connectivity index (χ3v) is 6.33. The summed E-state index contributed by atoms with van der Waals surface area (Å²) in [5.74, 6) is 0.967. The number of benzene rings is 1. The first-order valence-corrected chi connectivity index (χ1v) is 10.8. The van der Waals surface area contributed by atoms with E-state index in [0.29, 0.717) is 5.82 Å². The molecule has 3 heterocycles. The Labute approximate surface area is 183 Å². The van der Waals surface area contributed by atoms with Crippen molar-refractivity contribution in [3.63, 3.8) is 0 Å². The van der Waals surface area contributed by atoms with Crippen LogP contribution in [0, 0.1) is 5.92 Å². The highest BCUT2D eigenvalue weighted by Crippen LogP contribution is 2.43. The SMILES string of the molecule is CN=Cc1cnc(NC2c3cc(C4=CCNCC4)ccc3N(C(C)=O)C(C)C2C)cn1. The molecule has 1 amide bonds. The van der Waals surface area contributed by atoms with E-state index >= 15 is 0 Å². The smallest absolute Gasteiger partial charge is 0.224 e. The van der Waals surface area contributed by atoms with E-state index in [9.17, 15) is 4.79 Å². The zero-order chi connectivity index (χ0) is 22.0. The van der Waals surface area contributed by atoms with Crippen molar-refractivity contribution in [2.24, 2.45) is 10.9 Å². The Morgan fingerprint density at radius 1 is 1.29 bits per heavy atom. The third-order valence-electron chi connectivity index (χ3n) is 6.33. The van der Waals surface area contributed by atoms with Gasteiger partial charge < -0.3 is 15.5 Å². The summed E-state index contributed by atoms with van der Waals surface area (Å²) < 4.78 is 0. The average molecular weight is 419 g/mol. The van der Waals surface area contributed by atoms with Gasteiger partial charge in [-0.15, -0.1) is 0 Å². The molecule has 0 radical (unpaired) electrons. The predicted octanol–water partition coefficient (Wildman–Crippen LogP) is 3.45. The predicted molar refractivity (Wildman–Crippen MR) is 126 cm³/mol. The first-order valence-electron chi connectivity index (χ1n) is 10.8. The second-order valence-corrected chi connectivity index (χ2v) is 8.28. The second-order valence-electron chi connectivity index (χ2n) is 8.28. The van der Waals surface area contributed by atoms with Crippen LogP contribution >= 0.6 is 0 Å².